The minimum Gasteiger partial charge on any atom is -0.508 e. The fraction of sp³-hybridized carbons (Fsp3) is 0.143. The van der Waals surface area contributed by atoms with Crippen molar-refractivity contribution in [2.45, 2.75) is 6.36 Å². The first kappa shape index (κ1) is 11.9. The molecular weight excluding hydrogens is 209 g/mol. The van der Waals surface area contributed by atoms with E-state index in [1.54, 1.807) is 0 Å². The monoisotopic (exact) mass is 214 g/mol. The van der Waals surface area contributed by atoms with Crippen molar-refractivity contribution in [2.75, 3.05) is 0 Å². The van der Waals surface area contributed by atoms with E-state index >= 15 is 0 Å². The van der Waals surface area contributed by atoms with Crippen molar-refractivity contribution in [1.29, 1.82) is 0 Å². The van der Waals surface area contributed by atoms with Gasteiger partial charge in [0.05, 0.1) is 0 Å². The summed E-state index contributed by atoms with van der Waals surface area (Å²) < 4.78 is 38.2. The average molecular weight is 215 g/mol. The predicted octanol–water partition coefficient (Wildman–Crippen LogP) is 2.71. The first-order valence-corrected chi connectivity index (χ1v) is 3.02. The molecular formula is C7H6ClF3O2. The molecule has 0 spiro atoms. The van der Waals surface area contributed by atoms with Gasteiger partial charge in [-0.25, -0.2) is 0 Å². The molecule has 0 amide bonds. The first-order valence-electron chi connectivity index (χ1n) is 3.02. The molecule has 0 saturated heterocycles. The maximum absolute atomic E-state index is 11.6. The number of rotatable bonds is 1. The number of aromatic hydroxyl groups is 1. The van der Waals surface area contributed by atoms with Crippen molar-refractivity contribution in [2.24, 2.45) is 0 Å². The van der Waals surface area contributed by atoms with Crippen LogP contribution in [0.4, 0.5) is 13.2 Å². The van der Waals surface area contributed by atoms with Crippen LogP contribution in [-0.2, 0) is 0 Å². The van der Waals surface area contributed by atoms with Crippen LogP contribution in [0.5, 0.6) is 11.5 Å². The molecule has 0 radical (unpaired) electrons. The molecule has 0 aromatic heterocycles. The largest absolute Gasteiger partial charge is 0.573 e. The van der Waals surface area contributed by atoms with Crippen LogP contribution in [0.2, 0.25) is 0 Å². The molecule has 0 aliphatic carbocycles. The third kappa shape index (κ3) is 4.47. The highest BCUT2D eigenvalue weighted by molar-refractivity contribution is 5.85. The zero-order valence-corrected chi connectivity index (χ0v) is 7.02. The Bertz CT molecular complexity index is 275. The molecule has 2 nitrogen and oxygen atoms in total. The van der Waals surface area contributed by atoms with Crippen LogP contribution >= 0.6 is 12.4 Å². The zero-order valence-electron chi connectivity index (χ0n) is 6.21. The standard InChI is InChI=1S/C7H5F3O2.ClH/c8-7(9,10)12-6-3-1-2-5(11)4-6;/h1-4,11H;1H. The van der Waals surface area contributed by atoms with E-state index in [2.05, 4.69) is 4.74 Å². The van der Waals surface area contributed by atoms with Crippen LogP contribution in [0.1, 0.15) is 0 Å². The molecule has 6 heteroatoms. The molecule has 0 unspecified atom stereocenters. The van der Waals surface area contributed by atoms with Crippen LogP contribution in [-0.4, -0.2) is 11.5 Å². The van der Waals surface area contributed by atoms with E-state index in [0.29, 0.717) is 0 Å². The Morgan fingerprint density at radius 3 is 2.31 bits per heavy atom. The number of halogens is 4. The molecule has 13 heavy (non-hydrogen) atoms. The molecule has 0 aliphatic rings. The van der Waals surface area contributed by atoms with E-state index in [4.69, 9.17) is 5.11 Å². The lowest BCUT2D eigenvalue weighted by Crippen LogP contribution is -2.16. The van der Waals surface area contributed by atoms with Gasteiger partial charge in [0.2, 0.25) is 0 Å². The molecule has 0 aliphatic heterocycles. The van der Waals surface area contributed by atoms with Crippen molar-refractivity contribution >= 4 is 12.4 Å². The molecule has 1 N–H and O–H groups in total. The quantitative estimate of drug-likeness (QED) is 0.779. The average Bonchev–Trinajstić information content (AvgIpc) is 1.82. The van der Waals surface area contributed by atoms with Gasteiger partial charge >= 0.3 is 6.36 Å². The second kappa shape index (κ2) is 4.23. The van der Waals surface area contributed by atoms with Gasteiger partial charge in [0, 0.05) is 6.07 Å². The number of benzene rings is 1. The zero-order chi connectivity index (χ0) is 9.19. The van der Waals surface area contributed by atoms with E-state index in [1.165, 1.54) is 12.1 Å². The Balaban J connectivity index is 0.00000144. The molecule has 1 rings (SSSR count). The fourth-order valence-corrected chi connectivity index (χ4v) is 0.681. The Hall–Kier alpha value is -1.10. The summed E-state index contributed by atoms with van der Waals surface area (Å²) in [5, 5.41) is 8.76. The van der Waals surface area contributed by atoms with Gasteiger partial charge < -0.3 is 9.84 Å². The van der Waals surface area contributed by atoms with Crippen LogP contribution in [0.3, 0.4) is 0 Å². The Labute approximate surface area is 78.4 Å². The Morgan fingerprint density at radius 2 is 1.85 bits per heavy atom. The van der Waals surface area contributed by atoms with E-state index in [1.807, 2.05) is 0 Å². The Kier molecular flexibility index (Phi) is 3.87. The molecule has 0 fully saturated rings. The second-order valence-electron chi connectivity index (χ2n) is 2.05. The molecule has 1 aromatic carbocycles. The van der Waals surface area contributed by atoms with Crippen LogP contribution in [0.15, 0.2) is 24.3 Å². The lowest BCUT2D eigenvalue weighted by Gasteiger charge is -2.07. The predicted molar refractivity (Wildman–Crippen MR) is 42.0 cm³/mol. The minimum absolute atomic E-state index is 0. The highest BCUT2D eigenvalue weighted by Gasteiger charge is 2.31. The van der Waals surface area contributed by atoms with Gasteiger partial charge in [0.15, 0.2) is 0 Å². The maximum atomic E-state index is 11.6. The van der Waals surface area contributed by atoms with Crippen molar-refractivity contribution in [1.82, 2.24) is 0 Å². The summed E-state index contributed by atoms with van der Waals surface area (Å²) in [5.74, 6) is -0.695. The smallest absolute Gasteiger partial charge is 0.508 e. The van der Waals surface area contributed by atoms with Gasteiger partial charge in [-0.15, -0.1) is 25.6 Å². The van der Waals surface area contributed by atoms with E-state index < -0.39 is 12.1 Å². The molecule has 0 bridgehead atoms. The second-order valence-corrected chi connectivity index (χ2v) is 2.05. The summed E-state index contributed by atoms with van der Waals surface area (Å²) >= 11 is 0. The number of alkyl halides is 3. The van der Waals surface area contributed by atoms with Gasteiger partial charge in [-0.2, -0.15) is 0 Å². The van der Waals surface area contributed by atoms with Crippen molar-refractivity contribution in [3.05, 3.63) is 24.3 Å². The minimum atomic E-state index is -4.71. The summed E-state index contributed by atoms with van der Waals surface area (Å²) in [6, 6.07) is 4.50. The van der Waals surface area contributed by atoms with Gasteiger partial charge in [-0.1, -0.05) is 6.07 Å². The van der Waals surface area contributed by atoms with E-state index in [0.717, 1.165) is 12.1 Å². The van der Waals surface area contributed by atoms with Gasteiger partial charge in [0.1, 0.15) is 11.5 Å². The number of hydrogen-bond acceptors (Lipinski definition) is 2. The van der Waals surface area contributed by atoms with E-state index in [9.17, 15) is 13.2 Å². The summed E-state index contributed by atoms with van der Waals surface area (Å²) in [6.45, 7) is 0. The van der Waals surface area contributed by atoms with E-state index in [-0.39, 0.29) is 18.2 Å². The Morgan fingerprint density at radius 1 is 1.23 bits per heavy atom. The lowest BCUT2D eigenvalue weighted by atomic mass is 10.3. The molecule has 1 aromatic rings. The number of hydrogen-bond donors (Lipinski definition) is 1. The van der Waals surface area contributed by atoms with Crippen LogP contribution < -0.4 is 4.74 Å². The van der Waals surface area contributed by atoms with Gasteiger partial charge in [-0.05, 0) is 12.1 Å². The summed E-state index contributed by atoms with van der Waals surface area (Å²) in [4.78, 5) is 0. The fourth-order valence-electron chi connectivity index (χ4n) is 0.681. The number of phenols is 1. The molecule has 74 valence electrons. The molecule has 0 heterocycles. The normalized spacial score (nSPS) is 10.4. The third-order valence-corrected chi connectivity index (χ3v) is 1.05. The highest BCUT2D eigenvalue weighted by atomic mass is 35.5. The maximum Gasteiger partial charge on any atom is 0.573 e. The van der Waals surface area contributed by atoms with Gasteiger partial charge in [0.25, 0.3) is 0 Å². The summed E-state index contributed by atoms with van der Waals surface area (Å²) in [7, 11) is 0. The number of phenolic OH excluding ortho intramolecular Hbond substituents is 1. The number of ether oxygens (including phenoxy) is 1. The van der Waals surface area contributed by atoms with Crippen LogP contribution in [0.25, 0.3) is 0 Å². The first-order chi connectivity index (χ1) is 5.47. The van der Waals surface area contributed by atoms with Crippen molar-refractivity contribution in [3.8, 4) is 11.5 Å². The molecule has 0 saturated carbocycles. The lowest BCUT2D eigenvalue weighted by molar-refractivity contribution is -0.274. The van der Waals surface area contributed by atoms with Crippen LogP contribution in [0, 0.1) is 0 Å². The SMILES string of the molecule is Cl.Oc1cccc(OC(F)(F)F)c1. The molecule has 0 atom stereocenters. The third-order valence-electron chi connectivity index (χ3n) is 1.05. The van der Waals surface area contributed by atoms with Crippen molar-refractivity contribution in [3.63, 3.8) is 0 Å². The van der Waals surface area contributed by atoms with Crippen molar-refractivity contribution < 1.29 is 23.0 Å². The topological polar surface area (TPSA) is 29.5 Å². The summed E-state index contributed by atoms with van der Waals surface area (Å²) in [5.41, 5.74) is 0. The summed E-state index contributed by atoms with van der Waals surface area (Å²) in [6.07, 6.45) is -4.71. The highest BCUT2D eigenvalue weighted by Crippen LogP contribution is 2.24. The van der Waals surface area contributed by atoms with Gasteiger partial charge in [-0.3, -0.25) is 0 Å².